The molecule has 0 N–H and O–H groups in total. The lowest BCUT2D eigenvalue weighted by Gasteiger charge is -2.00. The fourth-order valence-corrected chi connectivity index (χ4v) is 0.803. The van der Waals surface area contributed by atoms with Crippen LogP contribution in [-0.4, -0.2) is 18.5 Å². The zero-order chi connectivity index (χ0) is 7.11. The molecule has 0 aromatic heterocycles. The number of hydrogen-bond acceptors (Lipinski definition) is 1. The van der Waals surface area contributed by atoms with Gasteiger partial charge in [0.25, 0.3) is 0 Å². The van der Waals surface area contributed by atoms with Crippen molar-refractivity contribution in [2.45, 2.75) is 19.4 Å². The lowest BCUT2D eigenvalue weighted by atomic mass is 10.4. The first kappa shape index (κ1) is 9.00. The molecule has 1 unspecified atom stereocenters. The largest absolute Gasteiger partial charge is 0.368 e. The van der Waals surface area contributed by atoms with Crippen LogP contribution in [0.4, 0.5) is 0 Å². The van der Waals surface area contributed by atoms with Crippen molar-refractivity contribution < 1.29 is 4.74 Å². The quantitative estimate of drug-likeness (QED) is 0.477. The number of hydrogen-bond donors (Lipinski definition) is 0. The van der Waals surface area contributed by atoms with Gasteiger partial charge in [0, 0.05) is 18.9 Å². The SMILES string of the molecule is CCC#CC(CBr)OC. The summed E-state index contributed by atoms with van der Waals surface area (Å²) in [6.07, 6.45) is 0.956. The van der Waals surface area contributed by atoms with Crippen LogP contribution in [-0.2, 0) is 4.74 Å². The summed E-state index contributed by atoms with van der Waals surface area (Å²) < 4.78 is 4.98. The van der Waals surface area contributed by atoms with E-state index < -0.39 is 0 Å². The van der Waals surface area contributed by atoms with Crippen molar-refractivity contribution in [3.05, 3.63) is 0 Å². The molecule has 0 aromatic rings. The minimum Gasteiger partial charge on any atom is -0.368 e. The van der Waals surface area contributed by atoms with Crippen molar-refractivity contribution in [3.8, 4) is 11.8 Å². The smallest absolute Gasteiger partial charge is 0.127 e. The number of methoxy groups -OCH3 is 1. The zero-order valence-corrected chi connectivity index (χ0v) is 7.36. The molecule has 0 amide bonds. The summed E-state index contributed by atoms with van der Waals surface area (Å²) in [6, 6.07) is 0. The van der Waals surface area contributed by atoms with E-state index in [9.17, 15) is 0 Å². The van der Waals surface area contributed by atoms with Gasteiger partial charge < -0.3 is 4.74 Å². The van der Waals surface area contributed by atoms with E-state index >= 15 is 0 Å². The first-order chi connectivity index (χ1) is 4.35. The van der Waals surface area contributed by atoms with Crippen molar-refractivity contribution >= 4 is 15.9 Å². The summed E-state index contributed by atoms with van der Waals surface area (Å²) in [6.45, 7) is 2.02. The Balaban J connectivity index is 3.54. The lowest BCUT2D eigenvalue weighted by Crippen LogP contribution is -2.07. The first-order valence-electron chi connectivity index (χ1n) is 2.92. The van der Waals surface area contributed by atoms with Crippen LogP contribution in [0.2, 0.25) is 0 Å². The Labute approximate surface area is 64.9 Å². The molecule has 0 radical (unpaired) electrons. The maximum absolute atomic E-state index is 4.98. The molecule has 9 heavy (non-hydrogen) atoms. The number of rotatable bonds is 2. The Bertz CT molecular complexity index is 108. The Hall–Kier alpha value is -0.0000000000000000208. The van der Waals surface area contributed by atoms with Crippen LogP contribution < -0.4 is 0 Å². The molecule has 2 heteroatoms. The highest BCUT2D eigenvalue weighted by molar-refractivity contribution is 9.09. The van der Waals surface area contributed by atoms with Gasteiger partial charge in [-0.05, 0) is 0 Å². The first-order valence-corrected chi connectivity index (χ1v) is 4.04. The highest BCUT2D eigenvalue weighted by Crippen LogP contribution is 1.92. The van der Waals surface area contributed by atoms with E-state index in [4.69, 9.17) is 4.74 Å². The van der Waals surface area contributed by atoms with Gasteiger partial charge in [0.15, 0.2) is 0 Å². The minimum absolute atomic E-state index is 0.0601. The zero-order valence-electron chi connectivity index (χ0n) is 5.78. The van der Waals surface area contributed by atoms with Crippen LogP contribution >= 0.6 is 15.9 Å². The van der Waals surface area contributed by atoms with Crippen LogP contribution in [0.3, 0.4) is 0 Å². The second kappa shape index (κ2) is 6.12. The van der Waals surface area contributed by atoms with Gasteiger partial charge in [-0.3, -0.25) is 0 Å². The maximum atomic E-state index is 4.98. The Morgan fingerprint density at radius 1 is 1.67 bits per heavy atom. The Morgan fingerprint density at radius 2 is 2.33 bits per heavy atom. The van der Waals surface area contributed by atoms with Gasteiger partial charge in [-0.2, -0.15) is 0 Å². The molecule has 1 atom stereocenters. The van der Waals surface area contributed by atoms with E-state index in [1.54, 1.807) is 7.11 Å². The van der Waals surface area contributed by atoms with Crippen LogP contribution in [0, 0.1) is 11.8 Å². The molecule has 0 rings (SSSR count). The van der Waals surface area contributed by atoms with Gasteiger partial charge in [-0.15, -0.1) is 5.92 Å². The normalized spacial score (nSPS) is 11.9. The molecular formula is C7H11BrO. The van der Waals surface area contributed by atoms with E-state index in [0.29, 0.717) is 0 Å². The molecule has 52 valence electrons. The van der Waals surface area contributed by atoms with Crippen molar-refractivity contribution in [2.24, 2.45) is 0 Å². The molecule has 1 nitrogen and oxygen atoms in total. The van der Waals surface area contributed by atoms with Crippen LogP contribution in [0.5, 0.6) is 0 Å². The van der Waals surface area contributed by atoms with Crippen LogP contribution in [0.25, 0.3) is 0 Å². The number of alkyl halides is 1. The van der Waals surface area contributed by atoms with Gasteiger partial charge in [-0.1, -0.05) is 28.8 Å². The number of halogens is 1. The standard InChI is InChI=1S/C7H11BrO/c1-3-4-5-7(6-8)9-2/h7H,3,6H2,1-2H3. The molecule has 0 aliphatic rings. The van der Waals surface area contributed by atoms with E-state index in [0.717, 1.165) is 11.8 Å². The van der Waals surface area contributed by atoms with Crippen molar-refractivity contribution in [1.29, 1.82) is 0 Å². The molecule has 0 bridgehead atoms. The van der Waals surface area contributed by atoms with Crippen molar-refractivity contribution in [2.75, 3.05) is 12.4 Å². The van der Waals surface area contributed by atoms with Gasteiger partial charge in [0.05, 0.1) is 0 Å². The molecule has 0 heterocycles. The monoisotopic (exact) mass is 190 g/mol. The van der Waals surface area contributed by atoms with E-state index in [1.165, 1.54) is 0 Å². The fraction of sp³-hybridized carbons (Fsp3) is 0.714. The average molecular weight is 191 g/mol. The molecule has 0 fully saturated rings. The van der Waals surface area contributed by atoms with Crippen LogP contribution in [0.1, 0.15) is 13.3 Å². The summed E-state index contributed by atoms with van der Waals surface area (Å²) in [5.41, 5.74) is 0. The topological polar surface area (TPSA) is 9.23 Å². The summed E-state index contributed by atoms with van der Waals surface area (Å²) >= 11 is 3.28. The summed E-state index contributed by atoms with van der Waals surface area (Å²) in [7, 11) is 1.66. The molecule has 0 saturated carbocycles. The average Bonchev–Trinajstić information content (AvgIpc) is 1.91. The number of ether oxygens (including phenoxy) is 1. The molecule has 0 aliphatic carbocycles. The van der Waals surface area contributed by atoms with Crippen molar-refractivity contribution in [1.82, 2.24) is 0 Å². The third-order valence-electron chi connectivity index (χ3n) is 0.864. The third-order valence-corrected chi connectivity index (χ3v) is 1.45. The predicted octanol–water partition coefficient (Wildman–Crippen LogP) is 1.81. The minimum atomic E-state index is 0.0601. The maximum Gasteiger partial charge on any atom is 0.127 e. The summed E-state index contributed by atoms with van der Waals surface area (Å²) in [4.78, 5) is 0. The van der Waals surface area contributed by atoms with Crippen molar-refractivity contribution in [3.63, 3.8) is 0 Å². The summed E-state index contributed by atoms with van der Waals surface area (Å²) in [5.74, 6) is 5.89. The third kappa shape index (κ3) is 4.50. The molecule has 0 saturated heterocycles. The molecule has 0 aromatic carbocycles. The second-order valence-corrected chi connectivity index (χ2v) is 2.20. The van der Waals surface area contributed by atoms with Gasteiger partial charge in [0.1, 0.15) is 6.10 Å². The Kier molecular flexibility index (Phi) is 6.12. The van der Waals surface area contributed by atoms with E-state index in [-0.39, 0.29) is 6.10 Å². The molecule has 0 aliphatic heterocycles. The highest BCUT2D eigenvalue weighted by atomic mass is 79.9. The molecule has 0 spiro atoms. The fourth-order valence-electron chi connectivity index (χ4n) is 0.376. The second-order valence-electron chi connectivity index (χ2n) is 1.55. The van der Waals surface area contributed by atoms with Crippen LogP contribution in [0.15, 0.2) is 0 Å². The van der Waals surface area contributed by atoms with Gasteiger partial charge >= 0.3 is 0 Å². The lowest BCUT2D eigenvalue weighted by molar-refractivity contribution is 0.168. The summed E-state index contributed by atoms with van der Waals surface area (Å²) in [5, 5.41) is 0.788. The van der Waals surface area contributed by atoms with Gasteiger partial charge in [-0.25, -0.2) is 0 Å². The Morgan fingerprint density at radius 3 is 2.67 bits per heavy atom. The van der Waals surface area contributed by atoms with E-state index in [1.807, 2.05) is 6.92 Å². The highest BCUT2D eigenvalue weighted by Gasteiger charge is 1.95. The predicted molar refractivity (Wildman–Crippen MR) is 42.7 cm³/mol. The van der Waals surface area contributed by atoms with Gasteiger partial charge in [0.2, 0.25) is 0 Å². The molecular weight excluding hydrogens is 180 g/mol. The van der Waals surface area contributed by atoms with E-state index in [2.05, 4.69) is 27.8 Å².